The summed E-state index contributed by atoms with van der Waals surface area (Å²) < 4.78 is 0. The molecule has 2 heteroatoms. The van der Waals surface area contributed by atoms with Gasteiger partial charge in [-0.15, -0.1) is 0 Å². The Morgan fingerprint density at radius 2 is 1.38 bits per heavy atom. The van der Waals surface area contributed by atoms with Gasteiger partial charge in [-0.05, 0) is 42.5 Å². The normalized spacial score (nSPS) is 11.3. The zero-order valence-electron chi connectivity index (χ0n) is 17.6. The van der Waals surface area contributed by atoms with Crippen molar-refractivity contribution < 1.29 is 9.90 Å². The van der Waals surface area contributed by atoms with Gasteiger partial charge in [0.15, 0.2) is 5.78 Å². The van der Waals surface area contributed by atoms with Crippen molar-refractivity contribution in [1.29, 1.82) is 0 Å². The van der Waals surface area contributed by atoms with E-state index in [1.54, 1.807) is 6.07 Å². The Morgan fingerprint density at radius 1 is 0.885 bits per heavy atom. The molecule has 2 nitrogen and oxygen atoms in total. The van der Waals surface area contributed by atoms with E-state index in [9.17, 15) is 9.90 Å². The summed E-state index contributed by atoms with van der Waals surface area (Å²) in [5, 5.41) is 10.0. The predicted molar refractivity (Wildman–Crippen MR) is 112 cm³/mol. The third-order valence-electron chi connectivity index (χ3n) is 5.30. The second-order valence-electron chi connectivity index (χ2n) is 8.09. The van der Waals surface area contributed by atoms with Crippen LogP contribution in [0, 0.1) is 6.92 Å². The molecule has 0 amide bonds. The number of phenols is 1. The molecule has 0 unspecified atom stereocenters. The Morgan fingerprint density at radius 3 is 1.88 bits per heavy atom. The average Bonchev–Trinajstić information content (AvgIpc) is 2.59. The summed E-state index contributed by atoms with van der Waals surface area (Å²) >= 11 is 0. The predicted octanol–water partition coefficient (Wildman–Crippen LogP) is 7.71. The van der Waals surface area contributed by atoms with Gasteiger partial charge in [0.05, 0.1) is 0 Å². The summed E-state index contributed by atoms with van der Waals surface area (Å²) in [4.78, 5) is 12.5. The molecular weight excluding hydrogens is 320 g/mol. The van der Waals surface area contributed by atoms with Crippen LogP contribution in [0.25, 0.3) is 0 Å². The molecular formula is C24H40O2. The van der Waals surface area contributed by atoms with Gasteiger partial charge in [-0.1, -0.05) is 85.0 Å². The number of phenolic OH excluding ortho intramolecular Hbond substituents is 1. The van der Waals surface area contributed by atoms with E-state index < -0.39 is 0 Å². The minimum atomic E-state index is 0.223. The zero-order valence-corrected chi connectivity index (χ0v) is 17.6. The molecule has 1 N–H and O–H groups in total. The minimum absolute atomic E-state index is 0.223. The molecule has 1 rings (SSSR count). The molecule has 0 aliphatic carbocycles. The lowest BCUT2D eigenvalue weighted by atomic mass is 9.93. The van der Waals surface area contributed by atoms with Crippen molar-refractivity contribution in [2.24, 2.45) is 0 Å². The molecule has 0 radical (unpaired) electrons. The minimum Gasteiger partial charge on any atom is -0.508 e. The van der Waals surface area contributed by atoms with Crippen molar-refractivity contribution in [1.82, 2.24) is 0 Å². The molecule has 1 aromatic carbocycles. The molecule has 0 heterocycles. The SMILES string of the molecule is CCCCCCCCCCCCCC(=O)c1cc(C(C)C)c(O)cc1C. The summed E-state index contributed by atoms with van der Waals surface area (Å²) in [6.45, 7) is 8.26. The van der Waals surface area contributed by atoms with Crippen LogP contribution in [0.5, 0.6) is 5.75 Å². The zero-order chi connectivity index (χ0) is 19.4. The van der Waals surface area contributed by atoms with Gasteiger partial charge < -0.3 is 5.11 Å². The van der Waals surface area contributed by atoms with Gasteiger partial charge in [-0.25, -0.2) is 0 Å². The quantitative estimate of drug-likeness (QED) is 0.272. The lowest BCUT2D eigenvalue weighted by Crippen LogP contribution is -2.04. The highest BCUT2D eigenvalue weighted by molar-refractivity contribution is 5.97. The van der Waals surface area contributed by atoms with E-state index in [0.717, 1.165) is 29.5 Å². The Bertz CT molecular complexity index is 531. The van der Waals surface area contributed by atoms with Crippen molar-refractivity contribution in [3.05, 3.63) is 28.8 Å². The fourth-order valence-corrected chi connectivity index (χ4v) is 3.56. The molecule has 0 aliphatic heterocycles. The molecule has 0 saturated carbocycles. The number of unbranched alkanes of at least 4 members (excludes halogenated alkanes) is 10. The molecule has 26 heavy (non-hydrogen) atoms. The number of hydrogen-bond acceptors (Lipinski definition) is 2. The number of rotatable bonds is 14. The van der Waals surface area contributed by atoms with E-state index >= 15 is 0 Å². The Labute approximate surface area is 161 Å². The van der Waals surface area contributed by atoms with Gasteiger partial charge >= 0.3 is 0 Å². The molecule has 0 saturated heterocycles. The highest BCUT2D eigenvalue weighted by Crippen LogP contribution is 2.29. The van der Waals surface area contributed by atoms with Crippen molar-refractivity contribution in [2.45, 2.75) is 111 Å². The lowest BCUT2D eigenvalue weighted by Gasteiger charge is -2.13. The first kappa shape index (κ1) is 22.7. The fourth-order valence-electron chi connectivity index (χ4n) is 3.56. The molecule has 0 atom stereocenters. The third kappa shape index (κ3) is 8.38. The van der Waals surface area contributed by atoms with Crippen LogP contribution < -0.4 is 0 Å². The third-order valence-corrected chi connectivity index (χ3v) is 5.30. The maximum atomic E-state index is 12.5. The first-order valence-corrected chi connectivity index (χ1v) is 10.8. The number of hydrogen-bond donors (Lipinski definition) is 1. The monoisotopic (exact) mass is 360 g/mol. The molecule has 148 valence electrons. The van der Waals surface area contributed by atoms with Crippen LogP contribution in [0.15, 0.2) is 12.1 Å². The van der Waals surface area contributed by atoms with Crippen LogP contribution in [0.3, 0.4) is 0 Å². The van der Waals surface area contributed by atoms with Crippen LogP contribution in [0.4, 0.5) is 0 Å². The van der Waals surface area contributed by atoms with E-state index in [1.165, 1.54) is 57.8 Å². The maximum absolute atomic E-state index is 12.5. The van der Waals surface area contributed by atoms with Crippen molar-refractivity contribution in [3.63, 3.8) is 0 Å². The van der Waals surface area contributed by atoms with Crippen molar-refractivity contribution in [2.75, 3.05) is 0 Å². The van der Waals surface area contributed by atoms with Crippen LogP contribution in [0.2, 0.25) is 0 Å². The standard InChI is InChI=1S/C24H40O2/c1-5-6-7-8-9-10-11-12-13-14-15-16-23(25)22-18-21(19(2)3)24(26)17-20(22)4/h17-19,26H,5-16H2,1-4H3. The largest absolute Gasteiger partial charge is 0.508 e. The first-order valence-electron chi connectivity index (χ1n) is 10.8. The Kier molecular flexibility index (Phi) is 11.3. The number of aryl methyl sites for hydroxylation is 1. The fraction of sp³-hybridized carbons (Fsp3) is 0.708. The van der Waals surface area contributed by atoms with Crippen molar-refractivity contribution >= 4 is 5.78 Å². The molecule has 0 spiro atoms. The van der Waals surface area contributed by atoms with E-state index in [1.807, 2.05) is 26.8 Å². The summed E-state index contributed by atoms with van der Waals surface area (Å²) in [5.41, 5.74) is 2.55. The van der Waals surface area contributed by atoms with E-state index in [0.29, 0.717) is 12.2 Å². The van der Waals surface area contributed by atoms with E-state index in [-0.39, 0.29) is 11.7 Å². The highest BCUT2D eigenvalue weighted by atomic mass is 16.3. The van der Waals surface area contributed by atoms with Gasteiger partial charge in [0, 0.05) is 12.0 Å². The second kappa shape index (κ2) is 12.9. The summed E-state index contributed by atoms with van der Waals surface area (Å²) in [5.74, 6) is 0.758. The number of carbonyl (C=O) groups excluding carboxylic acids is 1. The summed E-state index contributed by atoms with van der Waals surface area (Å²) in [6, 6.07) is 3.64. The van der Waals surface area contributed by atoms with Gasteiger partial charge in [0.2, 0.25) is 0 Å². The van der Waals surface area contributed by atoms with Gasteiger partial charge in [0.25, 0.3) is 0 Å². The first-order chi connectivity index (χ1) is 12.5. The van der Waals surface area contributed by atoms with Gasteiger partial charge in [-0.3, -0.25) is 4.79 Å². The molecule has 1 aromatic rings. The van der Waals surface area contributed by atoms with Gasteiger partial charge in [0.1, 0.15) is 5.75 Å². The number of carbonyl (C=O) groups is 1. The Balaban J connectivity index is 2.22. The van der Waals surface area contributed by atoms with Gasteiger partial charge in [-0.2, -0.15) is 0 Å². The van der Waals surface area contributed by atoms with Crippen LogP contribution in [-0.4, -0.2) is 10.9 Å². The second-order valence-corrected chi connectivity index (χ2v) is 8.09. The smallest absolute Gasteiger partial charge is 0.163 e. The molecule has 0 bridgehead atoms. The molecule has 0 aromatic heterocycles. The Hall–Kier alpha value is -1.31. The average molecular weight is 361 g/mol. The van der Waals surface area contributed by atoms with Crippen LogP contribution in [0.1, 0.15) is 125 Å². The van der Waals surface area contributed by atoms with Crippen LogP contribution >= 0.6 is 0 Å². The summed E-state index contributed by atoms with van der Waals surface area (Å²) in [7, 11) is 0. The number of aromatic hydroxyl groups is 1. The number of benzene rings is 1. The molecule has 0 aliphatic rings. The van der Waals surface area contributed by atoms with Crippen LogP contribution in [-0.2, 0) is 0 Å². The van der Waals surface area contributed by atoms with E-state index in [2.05, 4.69) is 6.92 Å². The molecule has 0 fully saturated rings. The maximum Gasteiger partial charge on any atom is 0.163 e. The van der Waals surface area contributed by atoms with E-state index in [4.69, 9.17) is 0 Å². The topological polar surface area (TPSA) is 37.3 Å². The highest BCUT2D eigenvalue weighted by Gasteiger charge is 2.14. The number of Topliss-reactive ketones (excluding diaryl/α,β-unsaturated/α-hetero) is 1. The summed E-state index contributed by atoms with van der Waals surface area (Å²) in [6.07, 6.45) is 14.9. The van der Waals surface area contributed by atoms with Crippen molar-refractivity contribution in [3.8, 4) is 5.75 Å². The lowest BCUT2D eigenvalue weighted by molar-refractivity contribution is 0.0978. The number of ketones is 1.